The minimum absolute atomic E-state index is 0.225. The predicted octanol–water partition coefficient (Wildman–Crippen LogP) is 3.42. The Labute approximate surface area is 138 Å². The van der Waals surface area contributed by atoms with Gasteiger partial charge >= 0.3 is 5.97 Å². The second-order valence-electron chi connectivity index (χ2n) is 6.61. The van der Waals surface area contributed by atoms with Gasteiger partial charge in [-0.15, -0.1) is 0 Å². The summed E-state index contributed by atoms with van der Waals surface area (Å²) in [7, 11) is 0. The van der Waals surface area contributed by atoms with Crippen molar-refractivity contribution in [2.24, 2.45) is 5.92 Å². The molecule has 23 heavy (non-hydrogen) atoms. The van der Waals surface area contributed by atoms with Crippen LogP contribution in [0.1, 0.15) is 49.7 Å². The summed E-state index contributed by atoms with van der Waals surface area (Å²) in [5, 5.41) is 8.81. The van der Waals surface area contributed by atoms with Crippen molar-refractivity contribution >= 4 is 11.9 Å². The summed E-state index contributed by atoms with van der Waals surface area (Å²) in [5.74, 6) is -0.272. The van der Waals surface area contributed by atoms with Gasteiger partial charge in [0.05, 0.1) is 0 Å². The van der Waals surface area contributed by atoms with Crippen molar-refractivity contribution in [1.82, 2.24) is 4.90 Å². The number of carboxylic acid groups (broad SMARTS) is 1. The monoisotopic (exact) mass is 317 g/mol. The van der Waals surface area contributed by atoms with Crippen LogP contribution in [0, 0.1) is 12.8 Å². The van der Waals surface area contributed by atoms with Crippen LogP contribution in [-0.4, -0.2) is 35.0 Å². The molecule has 0 aliphatic carbocycles. The van der Waals surface area contributed by atoms with Gasteiger partial charge in [0.2, 0.25) is 5.91 Å². The topological polar surface area (TPSA) is 57.6 Å². The van der Waals surface area contributed by atoms with Gasteiger partial charge in [0, 0.05) is 25.9 Å². The zero-order chi connectivity index (χ0) is 16.7. The maximum atomic E-state index is 12.2. The Balaban J connectivity index is 1.62. The largest absolute Gasteiger partial charge is 0.481 e. The van der Waals surface area contributed by atoms with Crippen molar-refractivity contribution in [3.8, 4) is 0 Å². The predicted molar refractivity (Wildman–Crippen MR) is 90.3 cm³/mol. The molecule has 4 heteroatoms. The highest BCUT2D eigenvalue weighted by molar-refractivity contribution is 5.76. The fourth-order valence-corrected chi connectivity index (χ4v) is 3.15. The smallest absolute Gasteiger partial charge is 0.303 e. The first-order valence-electron chi connectivity index (χ1n) is 8.59. The highest BCUT2D eigenvalue weighted by atomic mass is 16.4. The summed E-state index contributed by atoms with van der Waals surface area (Å²) in [5.41, 5.74) is 2.60. The van der Waals surface area contributed by atoms with Crippen LogP contribution in [0.5, 0.6) is 0 Å². The second-order valence-corrected chi connectivity index (χ2v) is 6.61. The van der Waals surface area contributed by atoms with Gasteiger partial charge in [0.15, 0.2) is 0 Å². The zero-order valence-corrected chi connectivity index (χ0v) is 14.0. The third-order valence-corrected chi connectivity index (χ3v) is 4.66. The molecule has 1 saturated heterocycles. The number of aliphatic carboxylic acids is 1. The van der Waals surface area contributed by atoms with E-state index in [-0.39, 0.29) is 18.2 Å². The third-order valence-electron chi connectivity index (χ3n) is 4.66. The van der Waals surface area contributed by atoms with Gasteiger partial charge in [0.25, 0.3) is 0 Å². The number of likely N-dealkylation sites (tertiary alicyclic amines) is 1. The normalized spacial score (nSPS) is 15.6. The van der Waals surface area contributed by atoms with Crippen LogP contribution in [0.25, 0.3) is 0 Å². The molecule has 1 N–H and O–H groups in total. The Morgan fingerprint density at radius 1 is 1.13 bits per heavy atom. The summed E-state index contributed by atoms with van der Waals surface area (Å²) >= 11 is 0. The molecule has 1 aromatic carbocycles. The number of benzene rings is 1. The minimum Gasteiger partial charge on any atom is -0.481 e. The number of hydrogen-bond donors (Lipinski definition) is 1. The number of carbonyl (C=O) groups excluding carboxylic acids is 1. The Morgan fingerprint density at radius 2 is 1.78 bits per heavy atom. The minimum atomic E-state index is -0.731. The fourth-order valence-electron chi connectivity index (χ4n) is 3.15. The number of carbonyl (C=O) groups is 2. The van der Waals surface area contributed by atoms with Gasteiger partial charge < -0.3 is 10.0 Å². The molecule has 1 fully saturated rings. The molecule has 0 spiro atoms. The van der Waals surface area contributed by atoms with Crippen LogP contribution in [0.15, 0.2) is 24.3 Å². The number of piperidine rings is 1. The van der Waals surface area contributed by atoms with Crippen molar-refractivity contribution in [3.63, 3.8) is 0 Å². The molecule has 0 radical (unpaired) electrons. The van der Waals surface area contributed by atoms with Crippen molar-refractivity contribution in [1.29, 1.82) is 0 Å². The van der Waals surface area contributed by atoms with Crippen molar-refractivity contribution in [2.75, 3.05) is 13.1 Å². The van der Waals surface area contributed by atoms with E-state index in [2.05, 4.69) is 31.2 Å². The Bertz CT molecular complexity index is 516. The fraction of sp³-hybridized carbons (Fsp3) is 0.579. The summed E-state index contributed by atoms with van der Waals surface area (Å²) < 4.78 is 0. The lowest BCUT2D eigenvalue weighted by Crippen LogP contribution is -2.38. The Morgan fingerprint density at radius 3 is 2.39 bits per heavy atom. The quantitative estimate of drug-likeness (QED) is 0.784. The van der Waals surface area contributed by atoms with Crippen LogP contribution >= 0.6 is 0 Å². The molecule has 126 valence electrons. The summed E-state index contributed by atoms with van der Waals surface area (Å²) in [6, 6.07) is 8.57. The van der Waals surface area contributed by atoms with Crippen LogP contribution in [0.4, 0.5) is 0 Å². The number of rotatable bonds is 7. The van der Waals surface area contributed by atoms with E-state index in [1.165, 1.54) is 11.1 Å². The average Bonchev–Trinajstić information content (AvgIpc) is 2.53. The third kappa shape index (κ3) is 6.05. The molecule has 1 amide bonds. The van der Waals surface area contributed by atoms with Gasteiger partial charge in [-0.2, -0.15) is 0 Å². The Hall–Kier alpha value is -1.84. The van der Waals surface area contributed by atoms with Crippen molar-refractivity contribution in [3.05, 3.63) is 35.4 Å². The van der Waals surface area contributed by atoms with Gasteiger partial charge in [-0.3, -0.25) is 9.59 Å². The number of carboxylic acids is 1. The van der Waals surface area contributed by atoms with E-state index < -0.39 is 5.97 Å². The van der Waals surface area contributed by atoms with E-state index in [1.807, 2.05) is 4.90 Å². The molecule has 0 atom stereocenters. The molecule has 0 saturated carbocycles. The van der Waals surface area contributed by atoms with E-state index in [1.54, 1.807) is 0 Å². The SMILES string of the molecule is Cc1ccc(CCCCC(=O)N2CCC(CC(=O)O)CC2)cc1. The molecule has 4 nitrogen and oxygen atoms in total. The molecular weight excluding hydrogens is 290 g/mol. The van der Waals surface area contributed by atoms with E-state index in [0.29, 0.717) is 6.42 Å². The zero-order valence-electron chi connectivity index (χ0n) is 14.0. The van der Waals surface area contributed by atoms with Gasteiger partial charge in [-0.05, 0) is 50.5 Å². The Kier molecular flexibility index (Phi) is 6.63. The number of hydrogen-bond acceptors (Lipinski definition) is 2. The molecule has 2 rings (SSSR count). The molecule has 0 unspecified atom stereocenters. The number of aryl methyl sites for hydroxylation is 2. The van der Waals surface area contributed by atoms with E-state index >= 15 is 0 Å². The maximum absolute atomic E-state index is 12.2. The number of unbranched alkanes of at least 4 members (excludes halogenated alkanes) is 1. The van der Waals surface area contributed by atoms with Crippen LogP contribution in [0.3, 0.4) is 0 Å². The van der Waals surface area contributed by atoms with E-state index in [0.717, 1.165) is 45.2 Å². The van der Waals surface area contributed by atoms with E-state index in [9.17, 15) is 9.59 Å². The van der Waals surface area contributed by atoms with Gasteiger partial charge in [-0.25, -0.2) is 0 Å². The summed E-state index contributed by atoms with van der Waals surface area (Å²) in [6.07, 6.45) is 5.46. The molecule has 1 heterocycles. The summed E-state index contributed by atoms with van der Waals surface area (Å²) in [4.78, 5) is 24.8. The van der Waals surface area contributed by atoms with Crippen LogP contribution in [-0.2, 0) is 16.0 Å². The lowest BCUT2D eigenvalue weighted by atomic mass is 9.93. The van der Waals surface area contributed by atoms with Crippen molar-refractivity contribution < 1.29 is 14.7 Å². The molecular formula is C19H27NO3. The number of nitrogens with zero attached hydrogens (tertiary/aromatic N) is 1. The summed E-state index contributed by atoms with van der Waals surface area (Å²) in [6.45, 7) is 3.52. The maximum Gasteiger partial charge on any atom is 0.303 e. The lowest BCUT2D eigenvalue weighted by molar-refractivity contribution is -0.138. The van der Waals surface area contributed by atoms with Gasteiger partial charge in [0.1, 0.15) is 0 Å². The van der Waals surface area contributed by atoms with Crippen molar-refractivity contribution in [2.45, 2.75) is 51.9 Å². The first-order valence-corrected chi connectivity index (χ1v) is 8.59. The van der Waals surface area contributed by atoms with E-state index in [4.69, 9.17) is 5.11 Å². The first kappa shape index (κ1) is 17.5. The van der Waals surface area contributed by atoms with Gasteiger partial charge in [-0.1, -0.05) is 29.8 Å². The average molecular weight is 317 g/mol. The van der Waals surface area contributed by atoms with Crippen LogP contribution < -0.4 is 0 Å². The highest BCUT2D eigenvalue weighted by Crippen LogP contribution is 2.21. The highest BCUT2D eigenvalue weighted by Gasteiger charge is 2.23. The molecule has 0 bridgehead atoms. The van der Waals surface area contributed by atoms with Crippen LogP contribution in [0.2, 0.25) is 0 Å². The molecule has 0 aromatic heterocycles. The standard InChI is InChI=1S/C19H27NO3/c1-15-6-8-16(9-7-15)4-2-3-5-18(21)20-12-10-17(11-13-20)14-19(22)23/h6-9,17H,2-5,10-14H2,1H3,(H,22,23). The number of amides is 1. The molecule has 1 aromatic rings. The second kappa shape index (κ2) is 8.70. The molecule has 1 aliphatic rings. The molecule has 1 aliphatic heterocycles. The lowest BCUT2D eigenvalue weighted by Gasteiger charge is -2.31. The first-order chi connectivity index (χ1) is 11.0.